The number of para-hydroxylation sites is 2. The minimum atomic E-state index is 0.0229. The van der Waals surface area contributed by atoms with Crippen molar-refractivity contribution in [3.05, 3.63) is 101 Å². The molecule has 3 atom stereocenters. The second-order valence-corrected chi connectivity index (χ2v) is 12.4. The van der Waals surface area contributed by atoms with Gasteiger partial charge in [0, 0.05) is 43.3 Å². The van der Waals surface area contributed by atoms with E-state index in [9.17, 15) is 10.0 Å². The van der Waals surface area contributed by atoms with Crippen LogP contribution < -0.4 is 4.73 Å². The molecule has 212 valence electrons. The van der Waals surface area contributed by atoms with Crippen molar-refractivity contribution in [1.29, 1.82) is 0 Å². The Morgan fingerprint density at radius 2 is 1.59 bits per heavy atom. The van der Waals surface area contributed by atoms with Crippen molar-refractivity contribution >= 4 is 16.9 Å². The maximum atomic E-state index is 13.2. The fourth-order valence-corrected chi connectivity index (χ4v) is 8.14. The van der Waals surface area contributed by atoms with Gasteiger partial charge in [0.2, 0.25) is 0 Å². The van der Waals surface area contributed by atoms with Gasteiger partial charge in [-0.25, -0.2) is 4.98 Å². The molecule has 3 saturated heterocycles. The van der Waals surface area contributed by atoms with Crippen molar-refractivity contribution in [2.75, 3.05) is 19.6 Å². The van der Waals surface area contributed by atoms with Crippen LogP contribution >= 0.6 is 0 Å². The summed E-state index contributed by atoms with van der Waals surface area (Å²) in [6.07, 6.45) is 10.8. The van der Waals surface area contributed by atoms with E-state index in [1.165, 1.54) is 49.2 Å². The highest BCUT2D eigenvalue weighted by molar-refractivity contribution is 5.94. The number of aryl methyl sites for hydroxylation is 1. The average Bonchev–Trinajstić information content (AvgIpc) is 3.47. The smallest absolute Gasteiger partial charge is 0.254 e. The number of piperidine rings is 2. The summed E-state index contributed by atoms with van der Waals surface area (Å²) in [5.41, 5.74) is 4.44. The first-order valence-electron chi connectivity index (χ1n) is 15.2. The van der Waals surface area contributed by atoms with Crippen molar-refractivity contribution in [2.24, 2.45) is 0 Å². The Balaban J connectivity index is 1.06. The number of nitrogens with zero attached hydrogens (tertiary/aromatic N) is 5. The molecule has 0 saturated carbocycles. The molecule has 7 rings (SSSR count). The molecule has 3 aliphatic rings. The van der Waals surface area contributed by atoms with Crippen LogP contribution in [-0.2, 0) is 5.41 Å². The number of hydrogen-bond donors (Lipinski definition) is 0. The van der Waals surface area contributed by atoms with E-state index in [4.69, 9.17) is 4.98 Å². The molecule has 7 nitrogen and oxygen atoms in total. The lowest BCUT2D eigenvalue weighted by atomic mass is 9.70. The predicted octanol–water partition coefficient (Wildman–Crippen LogP) is 5.41. The van der Waals surface area contributed by atoms with Crippen LogP contribution in [-0.4, -0.2) is 57.0 Å². The van der Waals surface area contributed by atoms with E-state index in [1.54, 1.807) is 12.1 Å². The first-order valence-corrected chi connectivity index (χ1v) is 15.2. The first kappa shape index (κ1) is 26.2. The van der Waals surface area contributed by atoms with E-state index in [0.717, 1.165) is 55.0 Å². The number of fused-ring (bicyclic) bond motifs is 3. The zero-order valence-electron chi connectivity index (χ0n) is 23.9. The largest absolute Gasteiger partial charge is 0.619 e. The van der Waals surface area contributed by atoms with Gasteiger partial charge in [0.25, 0.3) is 5.91 Å². The minimum Gasteiger partial charge on any atom is -0.619 e. The van der Waals surface area contributed by atoms with Crippen LogP contribution in [0.2, 0.25) is 0 Å². The number of aromatic nitrogens is 3. The molecule has 41 heavy (non-hydrogen) atoms. The maximum Gasteiger partial charge on any atom is 0.254 e. The van der Waals surface area contributed by atoms with Gasteiger partial charge in [-0.2, -0.15) is 4.73 Å². The van der Waals surface area contributed by atoms with E-state index in [0.29, 0.717) is 23.7 Å². The van der Waals surface area contributed by atoms with Crippen LogP contribution in [0.5, 0.6) is 0 Å². The van der Waals surface area contributed by atoms with Crippen molar-refractivity contribution in [2.45, 2.75) is 75.4 Å². The predicted molar refractivity (Wildman–Crippen MR) is 160 cm³/mol. The molecule has 4 aromatic rings. The average molecular weight is 550 g/mol. The monoisotopic (exact) mass is 549 g/mol. The number of hydrogen-bond acceptors (Lipinski definition) is 4. The van der Waals surface area contributed by atoms with Gasteiger partial charge in [0.15, 0.2) is 12.4 Å². The molecule has 3 aliphatic heterocycles. The number of rotatable bonds is 6. The zero-order valence-corrected chi connectivity index (χ0v) is 23.9. The third kappa shape index (κ3) is 4.80. The molecule has 0 N–H and O–H groups in total. The number of imidazole rings is 1. The molecular weight excluding hydrogens is 510 g/mol. The van der Waals surface area contributed by atoms with Crippen LogP contribution in [0.15, 0.2) is 79.1 Å². The lowest BCUT2D eigenvalue weighted by Crippen LogP contribution is -2.49. The van der Waals surface area contributed by atoms with Crippen LogP contribution in [0.1, 0.15) is 72.7 Å². The van der Waals surface area contributed by atoms with E-state index in [-0.39, 0.29) is 11.3 Å². The van der Waals surface area contributed by atoms with E-state index in [1.807, 2.05) is 4.90 Å². The lowest BCUT2D eigenvalue weighted by molar-refractivity contribution is -0.605. The van der Waals surface area contributed by atoms with E-state index >= 15 is 0 Å². The summed E-state index contributed by atoms with van der Waals surface area (Å²) in [5, 5.41) is 11.4. The summed E-state index contributed by atoms with van der Waals surface area (Å²) in [6.45, 7) is 4.74. The summed E-state index contributed by atoms with van der Waals surface area (Å²) < 4.78 is 3.24. The lowest BCUT2D eigenvalue weighted by Gasteiger charge is -2.45. The second-order valence-electron chi connectivity index (χ2n) is 12.4. The quantitative estimate of drug-likeness (QED) is 0.238. The van der Waals surface area contributed by atoms with Crippen LogP contribution in [0.3, 0.4) is 0 Å². The Morgan fingerprint density at radius 1 is 0.927 bits per heavy atom. The normalized spacial score (nSPS) is 24.1. The number of pyridine rings is 1. The molecule has 0 aliphatic carbocycles. The van der Waals surface area contributed by atoms with Gasteiger partial charge in [-0.05, 0) is 81.5 Å². The highest BCUT2D eigenvalue weighted by atomic mass is 16.5. The second kappa shape index (κ2) is 10.6. The van der Waals surface area contributed by atoms with Crippen LogP contribution in [0.25, 0.3) is 11.0 Å². The molecular formula is C34H39N5O2. The Labute approximate surface area is 242 Å². The minimum absolute atomic E-state index is 0.0229. The molecule has 2 bridgehead atoms. The van der Waals surface area contributed by atoms with Gasteiger partial charge in [0.1, 0.15) is 5.82 Å². The molecule has 0 spiro atoms. The van der Waals surface area contributed by atoms with Crippen molar-refractivity contribution < 1.29 is 9.52 Å². The third-order valence-electron chi connectivity index (χ3n) is 10.3. The highest BCUT2D eigenvalue weighted by Gasteiger charge is 2.44. The fourth-order valence-electron chi connectivity index (χ4n) is 8.14. The van der Waals surface area contributed by atoms with Gasteiger partial charge in [-0.1, -0.05) is 42.5 Å². The molecule has 1 amide bonds. The van der Waals surface area contributed by atoms with Crippen molar-refractivity contribution in [3.63, 3.8) is 0 Å². The summed E-state index contributed by atoms with van der Waals surface area (Å²) >= 11 is 0. The van der Waals surface area contributed by atoms with Gasteiger partial charge < -0.3 is 14.7 Å². The zero-order chi connectivity index (χ0) is 28.0. The fraction of sp³-hybridized carbons (Fsp3) is 0.441. The SMILES string of the molecule is Cc1nc2ccccc2n1[C@H]1C[C@H]2CC[C@@H](C1)N2CCC1(c2ccccc2)CCN(C(=O)c2cc[n+]([O-])cc2)CC1. The molecule has 7 heteroatoms. The van der Waals surface area contributed by atoms with Gasteiger partial charge in [-0.3, -0.25) is 9.69 Å². The summed E-state index contributed by atoms with van der Waals surface area (Å²) in [4.78, 5) is 22.9. The Morgan fingerprint density at radius 3 is 2.29 bits per heavy atom. The molecule has 2 aromatic carbocycles. The number of benzene rings is 2. The van der Waals surface area contributed by atoms with Crippen molar-refractivity contribution in [3.8, 4) is 0 Å². The summed E-state index contributed by atoms with van der Waals surface area (Å²) in [6, 6.07) is 24.6. The number of carbonyl (C=O) groups excluding carboxylic acids is 1. The van der Waals surface area contributed by atoms with Crippen LogP contribution in [0, 0.1) is 12.1 Å². The topological polar surface area (TPSA) is 68.3 Å². The molecule has 0 radical (unpaired) electrons. The van der Waals surface area contributed by atoms with Gasteiger partial charge in [0.05, 0.1) is 16.6 Å². The van der Waals surface area contributed by atoms with E-state index in [2.05, 4.69) is 71.0 Å². The molecule has 5 heterocycles. The standard InChI is InChI=1S/C34H39N5O2/c1-25-35-31-9-5-6-10-32(31)39(25)30-23-28-11-12-29(24-30)38(28)22-17-34(27-7-3-2-4-8-27)15-20-36(21-16-34)33(40)26-13-18-37(41)19-14-26/h2-10,13-14,18-19,28-30H,11-12,15-17,20-24H2,1H3/t28-,29+,30+. The summed E-state index contributed by atoms with van der Waals surface area (Å²) in [7, 11) is 0. The number of carbonyl (C=O) groups is 1. The third-order valence-corrected chi connectivity index (χ3v) is 10.3. The first-order chi connectivity index (χ1) is 20.0. The van der Waals surface area contributed by atoms with E-state index < -0.39 is 0 Å². The number of likely N-dealkylation sites (tertiary alicyclic amines) is 1. The Hall–Kier alpha value is -3.71. The van der Waals surface area contributed by atoms with Crippen LogP contribution in [0.4, 0.5) is 0 Å². The van der Waals surface area contributed by atoms with Gasteiger partial charge >= 0.3 is 0 Å². The molecule has 0 unspecified atom stereocenters. The maximum absolute atomic E-state index is 13.2. The molecule has 3 fully saturated rings. The van der Waals surface area contributed by atoms with Gasteiger partial charge in [-0.15, -0.1) is 0 Å². The molecule has 2 aromatic heterocycles. The Kier molecular flexibility index (Phi) is 6.78. The van der Waals surface area contributed by atoms with Crippen molar-refractivity contribution in [1.82, 2.24) is 19.4 Å². The summed E-state index contributed by atoms with van der Waals surface area (Å²) in [5.74, 6) is 1.16. The highest BCUT2D eigenvalue weighted by Crippen LogP contribution is 2.45. The Bertz CT molecular complexity index is 1510. The number of amides is 1.